The molecular weight excluding hydrogens is 324 g/mol. The summed E-state index contributed by atoms with van der Waals surface area (Å²) in [6.07, 6.45) is 3.76. The Morgan fingerprint density at radius 1 is 0.923 bits per heavy atom. The zero-order valence-electron chi connectivity index (χ0n) is 14.3. The van der Waals surface area contributed by atoms with Crippen LogP contribution in [0.5, 0.6) is 0 Å². The number of aryl methyl sites for hydroxylation is 1. The lowest BCUT2D eigenvalue weighted by molar-refractivity contribution is 0.262. The molecule has 0 aliphatic rings. The molecule has 0 fully saturated rings. The van der Waals surface area contributed by atoms with Gasteiger partial charge in [0.2, 0.25) is 0 Å². The third-order valence-corrected chi connectivity index (χ3v) is 4.21. The number of fused-ring (bicyclic) bond motifs is 1. The number of anilines is 2. The van der Waals surface area contributed by atoms with Crippen LogP contribution in [0.3, 0.4) is 0 Å². The van der Waals surface area contributed by atoms with Crippen molar-refractivity contribution < 1.29 is 4.79 Å². The molecule has 0 atom stereocenters. The summed E-state index contributed by atoms with van der Waals surface area (Å²) in [4.78, 5) is 16.9. The first-order chi connectivity index (χ1) is 12.7. The number of nitrogens with one attached hydrogen (secondary N) is 2. The van der Waals surface area contributed by atoms with Crippen molar-refractivity contribution in [3.63, 3.8) is 0 Å². The van der Waals surface area contributed by atoms with E-state index in [1.807, 2.05) is 65.4 Å². The molecule has 128 valence electrons. The number of urea groups is 1. The van der Waals surface area contributed by atoms with Gasteiger partial charge in [-0.25, -0.2) is 9.78 Å². The van der Waals surface area contributed by atoms with Gasteiger partial charge in [0.05, 0.1) is 11.2 Å². The molecule has 2 amide bonds. The van der Waals surface area contributed by atoms with Crippen molar-refractivity contribution in [3.8, 4) is 5.82 Å². The molecule has 0 saturated heterocycles. The van der Waals surface area contributed by atoms with Crippen LogP contribution in [-0.2, 0) is 0 Å². The number of rotatable bonds is 3. The highest BCUT2D eigenvalue weighted by atomic mass is 16.2. The fourth-order valence-electron chi connectivity index (χ4n) is 3.02. The molecule has 2 heterocycles. The molecule has 0 radical (unpaired) electrons. The third kappa shape index (κ3) is 3.02. The van der Waals surface area contributed by atoms with Crippen LogP contribution in [0, 0.1) is 6.92 Å². The van der Waals surface area contributed by atoms with Gasteiger partial charge >= 0.3 is 6.03 Å². The summed E-state index contributed by atoms with van der Waals surface area (Å²) < 4.78 is 2.00. The van der Waals surface area contributed by atoms with E-state index in [2.05, 4.69) is 28.6 Å². The average molecular weight is 342 g/mol. The van der Waals surface area contributed by atoms with Crippen LogP contribution < -0.4 is 10.6 Å². The maximum Gasteiger partial charge on any atom is 0.323 e. The van der Waals surface area contributed by atoms with Gasteiger partial charge in [-0.3, -0.25) is 4.57 Å². The van der Waals surface area contributed by atoms with Gasteiger partial charge in [-0.05, 0) is 42.8 Å². The summed E-state index contributed by atoms with van der Waals surface area (Å²) in [5.74, 6) is 0.681. The number of aromatic nitrogens is 2. The second-order valence-corrected chi connectivity index (χ2v) is 6.02. The number of nitrogens with zero attached hydrogens (tertiary/aromatic N) is 2. The predicted octanol–water partition coefficient (Wildman–Crippen LogP) is 4.98. The molecule has 4 aromatic rings. The number of amides is 2. The zero-order valence-corrected chi connectivity index (χ0v) is 14.3. The lowest BCUT2D eigenvalue weighted by atomic mass is 10.2. The fraction of sp³-hybridized carbons (Fsp3) is 0.0476. The normalized spacial score (nSPS) is 10.7. The Kier molecular flexibility index (Phi) is 4.11. The minimum atomic E-state index is -0.307. The molecule has 2 aromatic carbocycles. The van der Waals surface area contributed by atoms with Crippen molar-refractivity contribution in [3.05, 3.63) is 84.7 Å². The molecule has 5 nitrogen and oxygen atoms in total. The Morgan fingerprint density at radius 2 is 1.69 bits per heavy atom. The van der Waals surface area contributed by atoms with Gasteiger partial charge in [0.15, 0.2) is 5.82 Å². The monoisotopic (exact) mass is 342 g/mol. The second kappa shape index (κ2) is 6.72. The summed E-state index contributed by atoms with van der Waals surface area (Å²) in [5, 5.41) is 6.89. The van der Waals surface area contributed by atoms with Crippen molar-refractivity contribution >= 4 is 28.3 Å². The summed E-state index contributed by atoms with van der Waals surface area (Å²) >= 11 is 0. The summed E-state index contributed by atoms with van der Waals surface area (Å²) in [5.41, 5.74) is 3.58. The topological polar surface area (TPSA) is 59.0 Å². The third-order valence-electron chi connectivity index (χ3n) is 4.21. The van der Waals surface area contributed by atoms with Crippen LogP contribution in [0.1, 0.15) is 5.56 Å². The number of hydrogen-bond acceptors (Lipinski definition) is 2. The van der Waals surface area contributed by atoms with E-state index in [4.69, 9.17) is 0 Å². The highest BCUT2D eigenvalue weighted by Gasteiger charge is 2.13. The van der Waals surface area contributed by atoms with Crippen molar-refractivity contribution in [2.75, 3.05) is 10.6 Å². The summed E-state index contributed by atoms with van der Waals surface area (Å²) in [6, 6.07) is 20.8. The molecule has 26 heavy (non-hydrogen) atoms. The van der Waals surface area contributed by atoms with Gasteiger partial charge in [-0.15, -0.1) is 0 Å². The Labute approximate surface area is 151 Å². The molecule has 0 saturated carbocycles. The molecule has 5 heteroatoms. The molecule has 0 unspecified atom stereocenters. The highest BCUT2D eigenvalue weighted by molar-refractivity contribution is 6.01. The van der Waals surface area contributed by atoms with Crippen molar-refractivity contribution in [2.24, 2.45) is 0 Å². The van der Waals surface area contributed by atoms with E-state index in [0.29, 0.717) is 11.5 Å². The van der Waals surface area contributed by atoms with Gasteiger partial charge in [-0.1, -0.05) is 36.4 Å². The van der Waals surface area contributed by atoms with Crippen LogP contribution in [0.4, 0.5) is 16.2 Å². The molecule has 0 aliphatic carbocycles. The SMILES string of the molecule is Cc1cn(-c2ncccc2NC(=O)Nc2ccccc2)c2ccccc12. The number of carbonyl (C=O) groups is 1. The first-order valence-electron chi connectivity index (χ1n) is 8.37. The molecule has 0 aliphatic heterocycles. The maximum absolute atomic E-state index is 12.4. The first-order valence-corrected chi connectivity index (χ1v) is 8.37. The van der Waals surface area contributed by atoms with E-state index < -0.39 is 0 Å². The minimum absolute atomic E-state index is 0.307. The number of benzene rings is 2. The number of hydrogen-bond donors (Lipinski definition) is 2. The Morgan fingerprint density at radius 3 is 2.54 bits per heavy atom. The Hall–Kier alpha value is -3.60. The number of carbonyl (C=O) groups excluding carboxylic acids is 1. The van der Waals surface area contributed by atoms with Gasteiger partial charge in [0.1, 0.15) is 0 Å². The quantitative estimate of drug-likeness (QED) is 0.552. The molecule has 4 rings (SSSR count). The predicted molar refractivity (Wildman–Crippen MR) is 105 cm³/mol. The minimum Gasteiger partial charge on any atom is -0.308 e. The van der Waals surface area contributed by atoms with Crippen LogP contribution in [0.15, 0.2) is 79.1 Å². The fourth-order valence-corrected chi connectivity index (χ4v) is 3.02. The summed E-state index contributed by atoms with van der Waals surface area (Å²) in [7, 11) is 0. The van der Waals surface area contributed by atoms with Crippen LogP contribution >= 0.6 is 0 Å². The lowest BCUT2D eigenvalue weighted by Crippen LogP contribution is -2.20. The van der Waals surface area contributed by atoms with Crippen LogP contribution in [-0.4, -0.2) is 15.6 Å². The van der Waals surface area contributed by atoms with Crippen LogP contribution in [0.2, 0.25) is 0 Å². The molecule has 0 spiro atoms. The average Bonchev–Trinajstić information content (AvgIpc) is 3.00. The zero-order chi connectivity index (χ0) is 17.9. The van der Waals surface area contributed by atoms with E-state index in [1.165, 1.54) is 0 Å². The maximum atomic E-state index is 12.4. The van der Waals surface area contributed by atoms with Crippen molar-refractivity contribution in [1.29, 1.82) is 0 Å². The summed E-state index contributed by atoms with van der Waals surface area (Å²) in [6.45, 7) is 2.07. The van der Waals surface area contributed by atoms with E-state index in [9.17, 15) is 4.79 Å². The van der Waals surface area contributed by atoms with Crippen molar-refractivity contribution in [2.45, 2.75) is 6.92 Å². The Balaban J connectivity index is 1.68. The van der Waals surface area contributed by atoms with Crippen LogP contribution in [0.25, 0.3) is 16.7 Å². The van der Waals surface area contributed by atoms with E-state index >= 15 is 0 Å². The first kappa shape index (κ1) is 15.9. The molecule has 2 aromatic heterocycles. The van der Waals surface area contributed by atoms with Gasteiger partial charge in [-0.2, -0.15) is 0 Å². The standard InChI is InChI=1S/C21H18N4O/c1-15-14-25(19-12-6-5-10-17(15)19)20-18(11-7-13-22-20)24-21(26)23-16-8-3-2-4-9-16/h2-14H,1H3,(H2,23,24,26). The molecule has 0 bridgehead atoms. The molecular formula is C21H18N4O. The van der Waals surface area contributed by atoms with Gasteiger partial charge in [0.25, 0.3) is 0 Å². The lowest BCUT2D eigenvalue weighted by Gasteiger charge is -2.12. The Bertz CT molecular complexity index is 1070. The largest absolute Gasteiger partial charge is 0.323 e. The number of para-hydroxylation sites is 2. The second-order valence-electron chi connectivity index (χ2n) is 6.02. The van der Waals surface area contributed by atoms with E-state index in [-0.39, 0.29) is 6.03 Å². The highest BCUT2D eigenvalue weighted by Crippen LogP contribution is 2.27. The van der Waals surface area contributed by atoms with Crippen molar-refractivity contribution in [1.82, 2.24) is 9.55 Å². The van der Waals surface area contributed by atoms with Gasteiger partial charge < -0.3 is 10.6 Å². The van der Waals surface area contributed by atoms with E-state index in [1.54, 1.807) is 12.3 Å². The van der Waals surface area contributed by atoms with Gasteiger partial charge in [0, 0.05) is 23.5 Å². The molecule has 2 N–H and O–H groups in total. The smallest absolute Gasteiger partial charge is 0.308 e. The van der Waals surface area contributed by atoms with E-state index in [0.717, 1.165) is 22.2 Å². The number of pyridine rings is 1.